The molecular weight excluding hydrogens is 130 g/mol. The van der Waals surface area contributed by atoms with Gasteiger partial charge in [0.15, 0.2) is 5.78 Å². The van der Waals surface area contributed by atoms with Crippen molar-refractivity contribution in [3.05, 3.63) is 17.5 Å². The molecule has 1 aromatic heterocycles. The Labute approximate surface area is 57.6 Å². The van der Waals surface area contributed by atoms with Crippen LogP contribution in [0.25, 0.3) is 0 Å². The second-order valence-corrected chi connectivity index (χ2v) is 2.29. The Morgan fingerprint density at radius 1 is 1.50 bits per heavy atom. The lowest BCUT2D eigenvalue weighted by atomic mass is 10.1. The Hall–Kier alpha value is -1.16. The molecule has 0 fully saturated rings. The number of fused-ring (bicyclic) bond motifs is 1. The van der Waals surface area contributed by atoms with Gasteiger partial charge in [-0.05, 0) is 0 Å². The van der Waals surface area contributed by atoms with Gasteiger partial charge in [0.05, 0.1) is 24.0 Å². The zero-order chi connectivity index (χ0) is 6.97. The van der Waals surface area contributed by atoms with Crippen LogP contribution in [-0.4, -0.2) is 22.5 Å². The van der Waals surface area contributed by atoms with Crippen LogP contribution in [0, 0.1) is 0 Å². The quantitative estimate of drug-likeness (QED) is 0.516. The smallest absolute Gasteiger partial charge is 0.180 e. The molecule has 1 aliphatic heterocycles. The predicted octanol–water partition coefficient (Wildman–Crippen LogP) is -0.304. The fourth-order valence-corrected chi connectivity index (χ4v) is 1.08. The van der Waals surface area contributed by atoms with Crippen molar-refractivity contribution in [3.63, 3.8) is 0 Å². The standard InChI is InChI=1S/C6H7N3O/c10-6-3-7-2-5-4(6)1-8-9-5/h1,7H,2-3H2,(H,8,9). The molecule has 0 bridgehead atoms. The van der Waals surface area contributed by atoms with Crippen molar-refractivity contribution in [1.82, 2.24) is 15.5 Å². The molecule has 0 atom stereocenters. The van der Waals surface area contributed by atoms with Crippen LogP contribution in [0.2, 0.25) is 0 Å². The number of carbonyl (C=O) groups is 1. The fraction of sp³-hybridized carbons (Fsp3) is 0.333. The highest BCUT2D eigenvalue weighted by atomic mass is 16.1. The minimum absolute atomic E-state index is 0.120. The third kappa shape index (κ3) is 0.657. The summed E-state index contributed by atoms with van der Waals surface area (Å²) in [5.41, 5.74) is 1.63. The summed E-state index contributed by atoms with van der Waals surface area (Å²) in [7, 11) is 0. The zero-order valence-electron chi connectivity index (χ0n) is 5.35. The average molecular weight is 137 g/mol. The van der Waals surface area contributed by atoms with Crippen LogP contribution in [0.1, 0.15) is 16.1 Å². The van der Waals surface area contributed by atoms with Gasteiger partial charge in [-0.2, -0.15) is 5.10 Å². The van der Waals surface area contributed by atoms with E-state index < -0.39 is 0 Å². The van der Waals surface area contributed by atoms with Crippen LogP contribution >= 0.6 is 0 Å². The lowest BCUT2D eigenvalue weighted by molar-refractivity contribution is 0.0982. The molecule has 0 aromatic carbocycles. The molecule has 0 unspecified atom stereocenters. The predicted molar refractivity (Wildman–Crippen MR) is 34.6 cm³/mol. The van der Waals surface area contributed by atoms with E-state index in [1.165, 1.54) is 0 Å². The van der Waals surface area contributed by atoms with Gasteiger partial charge < -0.3 is 5.32 Å². The number of ketones is 1. The summed E-state index contributed by atoms with van der Waals surface area (Å²) in [6, 6.07) is 0. The largest absolute Gasteiger partial charge is 0.304 e. The number of hydrogen-bond donors (Lipinski definition) is 2. The van der Waals surface area contributed by atoms with Gasteiger partial charge in [-0.15, -0.1) is 0 Å². The number of H-pyrrole nitrogens is 1. The molecule has 0 saturated heterocycles. The summed E-state index contributed by atoms with van der Waals surface area (Å²) < 4.78 is 0. The molecule has 0 spiro atoms. The lowest BCUT2D eigenvalue weighted by Gasteiger charge is -2.09. The van der Waals surface area contributed by atoms with Crippen molar-refractivity contribution >= 4 is 5.78 Å². The first-order chi connectivity index (χ1) is 4.88. The van der Waals surface area contributed by atoms with Gasteiger partial charge in [-0.3, -0.25) is 9.89 Å². The molecule has 0 amide bonds. The fourth-order valence-electron chi connectivity index (χ4n) is 1.08. The van der Waals surface area contributed by atoms with Crippen molar-refractivity contribution in [2.24, 2.45) is 0 Å². The van der Waals surface area contributed by atoms with Crippen molar-refractivity contribution in [3.8, 4) is 0 Å². The van der Waals surface area contributed by atoms with E-state index in [2.05, 4.69) is 15.5 Å². The van der Waals surface area contributed by atoms with Gasteiger partial charge in [0.25, 0.3) is 0 Å². The van der Waals surface area contributed by atoms with Crippen LogP contribution in [0.3, 0.4) is 0 Å². The summed E-state index contributed by atoms with van der Waals surface area (Å²) in [4.78, 5) is 11.0. The Morgan fingerprint density at radius 3 is 3.20 bits per heavy atom. The highest BCUT2D eigenvalue weighted by molar-refractivity contribution is 5.99. The maximum absolute atomic E-state index is 11.0. The molecule has 0 radical (unpaired) electrons. The second-order valence-electron chi connectivity index (χ2n) is 2.29. The molecule has 2 N–H and O–H groups in total. The Kier molecular flexibility index (Phi) is 1.07. The van der Waals surface area contributed by atoms with Gasteiger partial charge in [0, 0.05) is 6.54 Å². The topological polar surface area (TPSA) is 57.8 Å². The van der Waals surface area contributed by atoms with Gasteiger partial charge in [0.2, 0.25) is 0 Å². The van der Waals surface area contributed by atoms with E-state index in [1.54, 1.807) is 6.20 Å². The van der Waals surface area contributed by atoms with Crippen molar-refractivity contribution in [2.45, 2.75) is 6.54 Å². The Morgan fingerprint density at radius 2 is 2.40 bits per heavy atom. The minimum atomic E-state index is 0.120. The number of aromatic amines is 1. The number of Topliss-reactive ketones (excluding diaryl/α,β-unsaturated/α-hetero) is 1. The summed E-state index contributed by atoms with van der Waals surface area (Å²) in [6.07, 6.45) is 1.58. The molecule has 1 aliphatic rings. The normalized spacial score (nSPS) is 17.0. The molecule has 0 aliphatic carbocycles. The molecule has 52 valence electrons. The maximum Gasteiger partial charge on any atom is 0.180 e. The van der Waals surface area contributed by atoms with E-state index in [0.29, 0.717) is 6.54 Å². The third-order valence-corrected chi connectivity index (χ3v) is 1.61. The van der Waals surface area contributed by atoms with E-state index in [1.807, 2.05) is 0 Å². The molecule has 0 saturated carbocycles. The van der Waals surface area contributed by atoms with E-state index >= 15 is 0 Å². The maximum atomic E-state index is 11.0. The third-order valence-electron chi connectivity index (χ3n) is 1.61. The molecular formula is C6H7N3O. The van der Waals surface area contributed by atoms with Crippen LogP contribution in [0.5, 0.6) is 0 Å². The Bertz CT molecular complexity index is 266. The molecule has 1 aromatic rings. The first kappa shape index (κ1) is 5.61. The number of nitrogens with one attached hydrogen (secondary N) is 2. The van der Waals surface area contributed by atoms with Gasteiger partial charge >= 0.3 is 0 Å². The first-order valence-electron chi connectivity index (χ1n) is 3.14. The molecule has 2 heterocycles. The van der Waals surface area contributed by atoms with Crippen molar-refractivity contribution < 1.29 is 4.79 Å². The molecule has 2 rings (SSSR count). The highest BCUT2D eigenvalue weighted by Gasteiger charge is 2.17. The summed E-state index contributed by atoms with van der Waals surface area (Å²) >= 11 is 0. The van der Waals surface area contributed by atoms with E-state index in [0.717, 1.165) is 17.8 Å². The lowest BCUT2D eigenvalue weighted by Crippen LogP contribution is -2.29. The SMILES string of the molecule is O=C1CNCc2[nH]ncc21. The average Bonchev–Trinajstić information content (AvgIpc) is 2.36. The summed E-state index contributed by atoms with van der Waals surface area (Å²) in [5.74, 6) is 0.120. The second kappa shape index (κ2) is 1.91. The molecule has 4 heteroatoms. The highest BCUT2D eigenvalue weighted by Crippen LogP contribution is 2.08. The van der Waals surface area contributed by atoms with Crippen LogP contribution < -0.4 is 5.32 Å². The summed E-state index contributed by atoms with van der Waals surface area (Å²) in [6.45, 7) is 1.16. The first-order valence-corrected chi connectivity index (χ1v) is 3.14. The van der Waals surface area contributed by atoms with E-state index in [9.17, 15) is 4.79 Å². The zero-order valence-corrected chi connectivity index (χ0v) is 5.35. The number of carbonyl (C=O) groups excluding carboxylic acids is 1. The van der Waals surface area contributed by atoms with E-state index in [4.69, 9.17) is 0 Å². The van der Waals surface area contributed by atoms with Crippen molar-refractivity contribution in [1.29, 1.82) is 0 Å². The number of hydrogen-bond acceptors (Lipinski definition) is 3. The summed E-state index contributed by atoms with van der Waals surface area (Å²) in [5, 5.41) is 9.48. The minimum Gasteiger partial charge on any atom is -0.304 e. The number of nitrogens with zero attached hydrogens (tertiary/aromatic N) is 1. The van der Waals surface area contributed by atoms with Crippen LogP contribution in [-0.2, 0) is 6.54 Å². The van der Waals surface area contributed by atoms with Gasteiger partial charge in [-0.25, -0.2) is 0 Å². The Balaban J connectivity index is 2.50. The molecule has 10 heavy (non-hydrogen) atoms. The number of aromatic nitrogens is 2. The van der Waals surface area contributed by atoms with Gasteiger partial charge in [0.1, 0.15) is 0 Å². The van der Waals surface area contributed by atoms with Crippen LogP contribution in [0.15, 0.2) is 6.20 Å². The van der Waals surface area contributed by atoms with Crippen molar-refractivity contribution in [2.75, 3.05) is 6.54 Å². The van der Waals surface area contributed by atoms with E-state index in [-0.39, 0.29) is 5.78 Å². The monoisotopic (exact) mass is 137 g/mol. The van der Waals surface area contributed by atoms with Gasteiger partial charge in [-0.1, -0.05) is 0 Å². The number of rotatable bonds is 0. The molecule has 4 nitrogen and oxygen atoms in total. The van der Waals surface area contributed by atoms with Crippen LogP contribution in [0.4, 0.5) is 0 Å².